The number of hydrogen-bond donors (Lipinski definition) is 1. The molecule has 0 radical (unpaired) electrons. The fourth-order valence-corrected chi connectivity index (χ4v) is 2.69. The molecule has 21 heavy (non-hydrogen) atoms. The molecule has 0 aliphatic heterocycles. The first-order chi connectivity index (χ1) is 10.1. The Morgan fingerprint density at radius 2 is 1.86 bits per heavy atom. The molecule has 3 nitrogen and oxygen atoms in total. The lowest BCUT2D eigenvalue weighted by Crippen LogP contribution is -2.06. The quantitative estimate of drug-likeness (QED) is 0.792. The van der Waals surface area contributed by atoms with Crippen LogP contribution in [0.1, 0.15) is 16.7 Å². The minimum Gasteiger partial charge on any atom is -0.481 e. The van der Waals surface area contributed by atoms with Crippen LogP contribution in [0.2, 0.25) is 0 Å². The molecule has 0 aliphatic carbocycles. The second-order valence-electron chi connectivity index (χ2n) is 5.35. The van der Waals surface area contributed by atoms with E-state index in [1.165, 1.54) is 16.5 Å². The van der Waals surface area contributed by atoms with Gasteiger partial charge in [0.1, 0.15) is 0 Å². The maximum absolute atomic E-state index is 11.0. The van der Waals surface area contributed by atoms with Crippen LogP contribution >= 0.6 is 0 Å². The van der Waals surface area contributed by atoms with Crippen LogP contribution in [0.25, 0.3) is 10.9 Å². The summed E-state index contributed by atoms with van der Waals surface area (Å²) >= 11 is 0. The topological polar surface area (TPSA) is 42.2 Å². The fraction of sp³-hybridized carbons (Fsp3) is 0.167. The van der Waals surface area contributed by atoms with Crippen molar-refractivity contribution in [2.24, 2.45) is 0 Å². The number of carboxylic acids is 1. The van der Waals surface area contributed by atoms with E-state index >= 15 is 0 Å². The van der Waals surface area contributed by atoms with Gasteiger partial charge in [-0.05, 0) is 41.6 Å². The van der Waals surface area contributed by atoms with Crippen LogP contribution in [-0.4, -0.2) is 15.6 Å². The molecule has 0 bridgehead atoms. The van der Waals surface area contributed by atoms with E-state index in [0.717, 1.165) is 11.1 Å². The van der Waals surface area contributed by atoms with Crippen molar-refractivity contribution < 1.29 is 9.90 Å². The minimum atomic E-state index is -0.796. The van der Waals surface area contributed by atoms with Gasteiger partial charge in [-0.3, -0.25) is 4.79 Å². The second-order valence-corrected chi connectivity index (χ2v) is 5.35. The molecular weight excluding hydrogens is 262 g/mol. The van der Waals surface area contributed by atoms with E-state index in [-0.39, 0.29) is 6.42 Å². The smallest absolute Gasteiger partial charge is 0.307 e. The number of carboxylic acid groups (broad SMARTS) is 1. The molecule has 0 spiro atoms. The molecule has 2 aromatic carbocycles. The van der Waals surface area contributed by atoms with Gasteiger partial charge in [-0.1, -0.05) is 35.9 Å². The summed E-state index contributed by atoms with van der Waals surface area (Å²) in [5.74, 6) is -0.796. The maximum atomic E-state index is 11.0. The van der Waals surface area contributed by atoms with E-state index in [9.17, 15) is 4.79 Å². The van der Waals surface area contributed by atoms with Gasteiger partial charge < -0.3 is 9.67 Å². The summed E-state index contributed by atoms with van der Waals surface area (Å²) in [6.45, 7) is 2.77. The van der Waals surface area contributed by atoms with Crippen molar-refractivity contribution in [3.63, 3.8) is 0 Å². The lowest BCUT2D eigenvalue weighted by molar-refractivity contribution is -0.136. The third-order valence-corrected chi connectivity index (χ3v) is 3.73. The number of carbonyl (C=O) groups is 1. The number of hydrogen-bond acceptors (Lipinski definition) is 1. The Morgan fingerprint density at radius 3 is 2.62 bits per heavy atom. The molecule has 1 heterocycles. The third kappa shape index (κ3) is 2.82. The van der Waals surface area contributed by atoms with Crippen LogP contribution in [0, 0.1) is 6.92 Å². The van der Waals surface area contributed by atoms with Crippen molar-refractivity contribution in [1.29, 1.82) is 0 Å². The van der Waals surface area contributed by atoms with Gasteiger partial charge in [-0.15, -0.1) is 0 Å². The largest absolute Gasteiger partial charge is 0.481 e. The zero-order chi connectivity index (χ0) is 14.8. The third-order valence-electron chi connectivity index (χ3n) is 3.73. The Hall–Kier alpha value is -2.55. The SMILES string of the molecule is Cc1ccc2c(ccn2Cc2ccccc2CC(=O)O)c1. The molecule has 1 N–H and O–H groups in total. The fourth-order valence-electron chi connectivity index (χ4n) is 2.69. The number of aryl methyl sites for hydroxylation is 1. The van der Waals surface area contributed by atoms with Gasteiger partial charge in [0.2, 0.25) is 0 Å². The molecule has 0 amide bonds. The Labute approximate surface area is 123 Å². The monoisotopic (exact) mass is 279 g/mol. The summed E-state index contributed by atoms with van der Waals surface area (Å²) in [6.07, 6.45) is 2.12. The zero-order valence-electron chi connectivity index (χ0n) is 11.9. The minimum absolute atomic E-state index is 0.0640. The normalized spacial score (nSPS) is 10.9. The Kier molecular flexibility index (Phi) is 3.48. The highest BCUT2D eigenvalue weighted by Crippen LogP contribution is 2.20. The predicted octanol–water partition coefficient (Wildman–Crippen LogP) is 3.63. The summed E-state index contributed by atoms with van der Waals surface area (Å²) in [5.41, 5.74) is 4.34. The van der Waals surface area contributed by atoms with Crippen LogP contribution in [0.3, 0.4) is 0 Å². The highest BCUT2D eigenvalue weighted by Gasteiger charge is 2.08. The highest BCUT2D eigenvalue weighted by atomic mass is 16.4. The van der Waals surface area contributed by atoms with Crippen molar-refractivity contribution >= 4 is 16.9 Å². The summed E-state index contributed by atoms with van der Waals surface area (Å²) in [5, 5.41) is 10.2. The zero-order valence-corrected chi connectivity index (χ0v) is 11.9. The van der Waals surface area contributed by atoms with Crippen LogP contribution in [-0.2, 0) is 17.8 Å². The molecule has 0 unspecified atom stereocenters. The molecule has 0 fully saturated rings. The predicted molar refractivity (Wildman–Crippen MR) is 83.6 cm³/mol. The second kappa shape index (κ2) is 5.44. The van der Waals surface area contributed by atoms with Gasteiger partial charge in [-0.2, -0.15) is 0 Å². The summed E-state index contributed by atoms with van der Waals surface area (Å²) < 4.78 is 2.16. The van der Waals surface area contributed by atoms with Crippen molar-refractivity contribution in [2.45, 2.75) is 19.9 Å². The summed E-state index contributed by atoms with van der Waals surface area (Å²) in [7, 11) is 0. The van der Waals surface area contributed by atoms with Gasteiger partial charge in [-0.25, -0.2) is 0 Å². The molecule has 0 aliphatic rings. The van der Waals surface area contributed by atoms with Gasteiger partial charge >= 0.3 is 5.97 Å². The number of aromatic nitrogens is 1. The molecule has 0 saturated carbocycles. The maximum Gasteiger partial charge on any atom is 0.307 e. The van der Waals surface area contributed by atoms with Crippen LogP contribution in [0.4, 0.5) is 0 Å². The molecule has 3 aromatic rings. The average Bonchev–Trinajstić information content (AvgIpc) is 2.83. The lowest BCUT2D eigenvalue weighted by Gasteiger charge is -2.10. The van der Waals surface area contributed by atoms with Crippen LogP contribution in [0.5, 0.6) is 0 Å². The Balaban J connectivity index is 1.97. The molecular formula is C18H17NO2. The van der Waals surface area contributed by atoms with E-state index in [1.54, 1.807) is 0 Å². The summed E-state index contributed by atoms with van der Waals surface area (Å²) in [4.78, 5) is 11.0. The number of aliphatic carboxylic acids is 1. The molecule has 3 heteroatoms. The molecule has 0 saturated heterocycles. The number of rotatable bonds is 4. The van der Waals surface area contributed by atoms with Crippen molar-refractivity contribution in [3.05, 3.63) is 71.4 Å². The first-order valence-corrected chi connectivity index (χ1v) is 6.97. The number of fused-ring (bicyclic) bond motifs is 1. The van der Waals surface area contributed by atoms with E-state index in [4.69, 9.17) is 5.11 Å². The molecule has 1 aromatic heterocycles. The molecule has 106 valence electrons. The highest BCUT2D eigenvalue weighted by molar-refractivity contribution is 5.81. The van der Waals surface area contributed by atoms with Crippen LogP contribution in [0.15, 0.2) is 54.7 Å². The summed E-state index contributed by atoms with van der Waals surface area (Å²) in [6, 6.07) is 16.2. The van der Waals surface area contributed by atoms with Crippen molar-refractivity contribution in [1.82, 2.24) is 4.57 Å². The Bertz CT molecular complexity index is 802. The first-order valence-electron chi connectivity index (χ1n) is 6.97. The van der Waals surface area contributed by atoms with E-state index in [2.05, 4.69) is 42.0 Å². The van der Waals surface area contributed by atoms with Gasteiger partial charge in [0.15, 0.2) is 0 Å². The molecule has 0 atom stereocenters. The number of benzene rings is 2. The first kappa shape index (κ1) is 13.4. The van der Waals surface area contributed by atoms with Gasteiger partial charge in [0.25, 0.3) is 0 Å². The van der Waals surface area contributed by atoms with E-state index in [1.807, 2.05) is 24.3 Å². The number of nitrogens with zero attached hydrogens (tertiary/aromatic N) is 1. The van der Waals surface area contributed by atoms with Gasteiger partial charge in [0.05, 0.1) is 6.42 Å². The van der Waals surface area contributed by atoms with E-state index in [0.29, 0.717) is 6.54 Å². The van der Waals surface area contributed by atoms with Crippen molar-refractivity contribution in [3.8, 4) is 0 Å². The van der Waals surface area contributed by atoms with Crippen molar-refractivity contribution in [2.75, 3.05) is 0 Å². The molecule has 3 rings (SSSR count). The van der Waals surface area contributed by atoms with Crippen LogP contribution < -0.4 is 0 Å². The van der Waals surface area contributed by atoms with E-state index < -0.39 is 5.97 Å². The van der Waals surface area contributed by atoms with Gasteiger partial charge in [0, 0.05) is 18.3 Å². The average molecular weight is 279 g/mol. The lowest BCUT2D eigenvalue weighted by atomic mass is 10.0. The Morgan fingerprint density at radius 1 is 1.10 bits per heavy atom. The standard InChI is InChI=1S/C18H17NO2/c1-13-6-7-17-15(10-13)8-9-19(17)12-16-5-3-2-4-14(16)11-18(20)21/h2-10H,11-12H2,1H3,(H,20,21).